The van der Waals surface area contributed by atoms with Crippen molar-refractivity contribution in [3.63, 3.8) is 0 Å². The molecule has 2 aromatic carbocycles. The van der Waals surface area contributed by atoms with Crippen LogP contribution in [-0.4, -0.2) is 18.0 Å². The Morgan fingerprint density at radius 2 is 2.07 bits per heavy atom. The van der Waals surface area contributed by atoms with Gasteiger partial charge in [-0.05, 0) is 53.8 Å². The topological polar surface area (TPSA) is 75.0 Å². The summed E-state index contributed by atoms with van der Waals surface area (Å²) in [6.07, 6.45) is 2.61. The molecule has 1 heterocycles. The molecule has 0 saturated carbocycles. The largest absolute Gasteiger partial charge is 0.497 e. The summed E-state index contributed by atoms with van der Waals surface area (Å²) in [5.41, 5.74) is 2.86. The van der Waals surface area contributed by atoms with Gasteiger partial charge in [-0.15, -0.1) is 0 Å². The minimum Gasteiger partial charge on any atom is -0.497 e. The first-order valence-corrected chi connectivity index (χ1v) is 9.83. The Kier molecular flexibility index (Phi) is 6.07. The first-order chi connectivity index (χ1) is 13.5. The number of nitrogens with zero attached hydrogens (tertiary/aromatic N) is 2. The van der Waals surface area contributed by atoms with E-state index >= 15 is 0 Å². The van der Waals surface area contributed by atoms with Gasteiger partial charge in [0.2, 0.25) is 0 Å². The van der Waals surface area contributed by atoms with Crippen molar-refractivity contribution in [1.29, 1.82) is 5.26 Å². The fourth-order valence-electron chi connectivity index (χ4n) is 2.72. The number of anilines is 1. The van der Waals surface area contributed by atoms with Gasteiger partial charge in [0.05, 0.1) is 17.3 Å². The maximum Gasteiger partial charge on any atom is 0.268 e. The number of methoxy groups -OCH3 is 1. The Bertz CT molecular complexity index is 1060. The zero-order chi connectivity index (χ0) is 20.1. The van der Waals surface area contributed by atoms with E-state index < -0.39 is 5.91 Å². The van der Waals surface area contributed by atoms with Gasteiger partial charge in [0.15, 0.2) is 5.13 Å². The van der Waals surface area contributed by atoms with Crippen LogP contribution in [0.1, 0.15) is 37.3 Å². The van der Waals surface area contributed by atoms with Gasteiger partial charge in [-0.2, -0.15) is 5.26 Å². The SMILES string of the molecule is CCC(C)c1ccc2nc(NC(=O)/C(C#N)=C/c3ccc(OC)cc3)sc2c1. The number of benzene rings is 2. The summed E-state index contributed by atoms with van der Waals surface area (Å²) in [5, 5.41) is 12.6. The fourth-order valence-corrected chi connectivity index (χ4v) is 3.63. The third kappa shape index (κ3) is 4.38. The molecule has 1 unspecified atom stereocenters. The summed E-state index contributed by atoms with van der Waals surface area (Å²) < 4.78 is 6.13. The lowest BCUT2D eigenvalue weighted by Crippen LogP contribution is -2.13. The first kappa shape index (κ1) is 19.6. The molecule has 1 aromatic heterocycles. The van der Waals surface area contributed by atoms with E-state index in [-0.39, 0.29) is 5.57 Å². The van der Waals surface area contributed by atoms with Crippen LogP contribution in [0.25, 0.3) is 16.3 Å². The van der Waals surface area contributed by atoms with Gasteiger partial charge in [-0.1, -0.05) is 43.4 Å². The Hall–Kier alpha value is -3.17. The van der Waals surface area contributed by atoms with Crippen molar-refractivity contribution in [2.24, 2.45) is 0 Å². The van der Waals surface area contributed by atoms with Crippen molar-refractivity contribution in [3.05, 3.63) is 59.2 Å². The lowest BCUT2D eigenvalue weighted by Gasteiger charge is -2.07. The zero-order valence-electron chi connectivity index (χ0n) is 16.0. The average molecular weight is 391 g/mol. The monoisotopic (exact) mass is 391 g/mol. The predicted octanol–water partition coefficient (Wildman–Crippen LogP) is 5.36. The average Bonchev–Trinajstić information content (AvgIpc) is 3.12. The van der Waals surface area contributed by atoms with E-state index in [4.69, 9.17) is 4.74 Å². The molecule has 1 N–H and O–H groups in total. The molecule has 0 fully saturated rings. The van der Waals surface area contributed by atoms with Crippen LogP contribution in [0.3, 0.4) is 0 Å². The van der Waals surface area contributed by atoms with E-state index in [1.807, 2.05) is 12.1 Å². The molecule has 1 atom stereocenters. The highest BCUT2D eigenvalue weighted by Gasteiger charge is 2.13. The number of carbonyl (C=O) groups is 1. The number of nitriles is 1. The number of ether oxygens (including phenoxy) is 1. The summed E-state index contributed by atoms with van der Waals surface area (Å²) in [6.45, 7) is 4.35. The number of thiazole rings is 1. The van der Waals surface area contributed by atoms with Crippen molar-refractivity contribution in [2.45, 2.75) is 26.2 Å². The van der Waals surface area contributed by atoms with Gasteiger partial charge < -0.3 is 4.74 Å². The quantitative estimate of drug-likeness (QED) is 0.453. The van der Waals surface area contributed by atoms with Gasteiger partial charge in [0, 0.05) is 0 Å². The van der Waals surface area contributed by atoms with E-state index in [2.05, 4.69) is 36.3 Å². The molecule has 0 bridgehead atoms. The van der Waals surface area contributed by atoms with Crippen LogP contribution in [-0.2, 0) is 4.79 Å². The van der Waals surface area contributed by atoms with E-state index in [0.717, 1.165) is 22.2 Å². The molecule has 3 rings (SSSR count). The van der Waals surface area contributed by atoms with Crippen LogP contribution in [0.5, 0.6) is 5.75 Å². The molecule has 3 aromatic rings. The number of fused-ring (bicyclic) bond motifs is 1. The molecular formula is C22H21N3O2S. The molecule has 5 nitrogen and oxygen atoms in total. The standard InChI is InChI=1S/C22H21N3O2S/c1-4-14(2)16-7-10-19-20(12-16)28-22(24-19)25-21(26)17(13-23)11-15-5-8-18(27-3)9-6-15/h5-12,14H,4H2,1-3H3,(H,24,25,26)/b17-11+. The van der Waals surface area contributed by atoms with E-state index in [1.165, 1.54) is 16.9 Å². The molecule has 0 spiro atoms. The maximum absolute atomic E-state index is 12.5. The number of rotatable bonds is 6. The van der Waals surface area contributed by atoms with Gasteiger partial charge in [-0.3, -0.25) is 10.1 Å². The Balaban J connectivity index is 1.80. The number of aromatic nitrogens is 1. The Morgan fingerprint density at radius 1 is 1.32 bits per heavy atom. The number of nitrogens with one attached hydrogen (secondary N) is 1. The Morgan fingerprint density at radius 3 is 2.71 bits per heavy atom. The van der Waals surface area contributed by atoms with E-state index in [1.54, 1.807) is 37.5 Å². The van der Waals surface area contributed by atoms with Crippen LogP contribution < -0.4 is 10.1 Å². The van der Waals surface area contributed by atoms with Crippen LogP contribution >= 0.6 is 11.3 Å². The number of hydrogen-bond acceptors (Lipinski definition) is 5. The molecule has 6 heteroatoms. The van der Waals surface area contributed by atoms with Crippen molar-refractivity contribution >= 4 is 38.7 Å². The van der Waals surface area contributed by atoms with Crippen LogP contribution in [0.15, 0.2) is 48.0 Å². The number of hydrogen-bond donors (Lipinski definition) is 1. The van der Waals surface area contributed by atoms with E-state index in [9.17, 15) is 10.1 Å². The molecule has 0 aliphatic heterocycles. The number of carbonyl (C=O) groups excluding carboxylic acids is 1. The summed E-state index contributed by atoms with van der Waals surface area (Å²) in [4.78, 5) is 17.0. The third-order valence-corrected chi connectivity index (χ3v) is 5.54. The summed E-state index contributed by atoms with van der Waals surface area (Å²) in [7, 11) is 1.59. The minimum absolute atomic E-state index is 0.0183. The summed E-state index contributed by atoms with van der Waals surface area (Å²) in [6, 6.07) is 15.3. The highest BCUT2D eigenvalue weighted by molar-refractivity contribution is 7.22. The highest BCUT2D eigenvalue weighted by atomic mass is 32.1. The molecule has 0 aliphatic carbocycles. The minimum atomic E-state index is -0.473. The summed E-state index contributed by atoms with van der Waals surface area (Å²) in [5.74, 6) is 0.716. The normalized spacial score (nSPS) is 12.4. The maximum atomic E-state index is 12.5. The molecule has 1 amide bonds. The molecular weight excluding hydrogens is 370 g/mol. The van der Waals surface area contributed by atoms with Gasteiger partial charge >= 0.3 is 0 Å². The predicted molar refractivity (Wildman–Crippen MR) is 114 cm³/mol. The Labute approximate surface area is 168 Å². The van der Waals surface area contributed by atoms with Gasteiger partial charge in [-0.25, -0.2) is 4.98 Å². The lowest BCUT2D eigenvalue weighted by molar-refractivity contribution is -0.112. The van der Waals surface area contributed by atoms with Crippen LogP contribution in [0, 0.1) is 11.3 Å². The molecule has 0 saturated heterocycles. The van der Waals surface area contributed by atoms with E-state index in [0.29, 0.717) is 16.8 Å². The number of amides is 1. The van der Waals surface area contributed by atoms with Crippen LogP contribution in [0.4, 0.5) is 5.13 Å². The smallest absolute Gasteiger partial charge is 0.268 e. The summed E-state index contributed by atoms with van der Waals surface area (Å²) >= 11 is 1.41. The fraction of sp³-hybridized carbons (Fsp3) is 0.227. The second-order valence-electron chi connectivity index (χ2n) is 6.45. The van der Waals surface area contributed by atoms with Gasteiger partial charge in [0.25, 0.3) is 5.91 Å². The molecule has 0 aliphatic rings. The highest BCUT2D eigenvalue weighted by Crippen LogP contribution is 2.30. The van der Waals surface area contributed by atoms with Crippen molar-refractivity contribution in [1.82, 2.24) is 4.98 Å². The van der Waals surface area contributed by atoms with Gasteiger partial charge in [0.1, 0.15) is 17.4 Å². The van der Waals surface area contributed by atoms with Crippen molar-refractivity contribution in [3.8, 4) is 11.8 Å². The molecule has 28 heavy (non-hydrogen) atoms. The van der Waals surface area contributed by atoms with Crippen molar-refractivity contribution < 1.29 is 9.53 Å². The lowest BCUT2D eigenvalue weighted by atomic mass is 9.99. The second kappa shape index (κ2) is 8.68. The molecule has 0 radical (unpaired) electrons. The second-order valence-corrected chi connectivity index (χ2v) is 7.48. The van der Waals surface area contributed by atoms with Crippen molar-refractivity contribution in [2.75, 3.05) is 12.4 Å². The molecule has 142 valence electrons. The van der Waals surface area contributed by atoms with Crippen LogP contribution in [0.2, 0.25) is 0 Å². The zero-order valence-corrected chi connectivity index (χ0v) is 16.8. The first-order valence-electron chi connectivity index (χ1n) is 9.01. The third-order valence-electron chi connectivity index (χ3n) is 4.61.